The van der Waals surface area contributed by atoms with Crippen LogP contribution in [0.3, 0.4) is 0 Å². The first kappa shape index (κ1) is 15.0. The summed E-state index contributed by atoms with van der Waals surface area (Å²) in [4.78, 5) is 8.79. The Balaban J connectivity index is 2.52. The van der Waals surface area contributed by atoms with Crippen molar-refractivity contribution in [1.82, 2.24) is 9.97 Å². The Hall–Kier alpha value is -1.44. The van der Waals surface area contributed by atoms with Crippen LogP contribution in [0.2, 0.25) is 0 Å². The molecule has 1 aromatic carbocycles. The zero-order valence-electron chi connectivity index (χ0n) is 11.3. The van der Waals surface area contributed by atoms with Crippen LogP contribution in [-0.2, 0) is 6.42 Å². The molecule has 6 heteroatoms. The van der Waals surface area contributed by atoms with Gasteiger partial charge in [0, 0.05) is 5.56 Å². The number of halogens is 2. The number of methoxy groups -OCH3 is 1. The van der Waals surface area contributed by atoms with Crippen molar-refractivity contribution >= 4 is 28.4 Å². The van der Waals surface area contributed by atoms with Crippen LogP contribution < -0.4 is 10.5 Å². The van der Waals surface area contributed by atoms with E-state index in [1.165, 1.54) is 13.2 Å². The van der Waals surface area contributed by atoms with Gasteiger partial charge < -0.3 is 10.5 Å². The number of aryl methyl sites for hydroxylation is 1. The SMILES string of the molecule is CCCc1nc(-c2ccc(F)c(OC)c2)nc(N)c1I. The van der Waals surface area contributed by atoms with Gasteiger partial charge in [0.05, 0.1) is 16.4 Å². The molecule has 2 N–H and O–H groups in total. The fraction of sp³-hybridized carbons (Fsp3) is 0.286. The lowest BCUT2D eigenvalue weighted by Crippen LogP contribution is -2.05. The average Bonchev–Trinajstić information content (AvgIpc) is 2.44. The highest BCUT2D eigenvalue weighted by atomic mass is 127. The Morgan fingerprint density at radius 2 is 2.10 bits per heavy atom. The third-order valence-electron chi connectivity index (χ3n) is 2.84. The fourth-order valence-electron chi connectivity index (χ4n) is 1.84. The van der Waals surface area contributed by atoms with E-state index in [0.29, 0.717) is 17.2 Å². The molecule has 0 aliphatic heterocycles. The molecule has 1 heterocycles. The maximum atomic E-state index is 13.4. The van der Waals surface area contributed by atoms with Gasteiger partial charge in [0.1, 0.15) is 5.82 Å². The normalized spacial score (nSPS) is 10.6. The predicted molar refractivity (Wildman–Crippen MR) is 85.1 cm³/mol. The Kier molecular flexibility index (Phi) is 4.74. The number of hydrogen-bond acceptors (Lipinski definition) is 4. The van der Waals surface area contributed by atoms with Gasteiger partial charge in [-0.05, 0) is 47.2 Å². The summed E-state index contributed by atoms with van der Waals surface area (Å²) in [5, 5.41) is 0. The van der Waals surface area contributed by atoms with Crippen molar-refractivity contribution < 1.29 is 9.13 Å². The second-order valence-corrected chi connectivity index (χ2v) is 5.37. The van der Waals surface area contributed by atoms with E-state index in [1.54, 1.807) is 12.1 Å². The number of rotatable bonds is 4. The molecule has 0 spiro atoms. The summed E-state index contributed by atoms with van der Waals surface area (Å²) >= 11 is 2.15. The third-order valence-corrected chi connectivity index (χ3v) is 4.02. The number of nitrogen functional groups attached to an aromatic ring is 1. The molecule has 1 aromatic heterocycles. The zero-order chi connectivity index (χ0) is 14.7. The molecule has 0 amide bonds. The Morgan fingerprint density at radius 3 is 2.75 bits per heavy atom. The lowest BCUT2D eigenvalue weighted by Gasteiger charge is -2.09. The number of nitrogens with two attached hydrogens (primary N) is 1. The van der Waals surface area contributed by atoms with E-state index in [0.717, 1.165) is 22.1 Å². The molecule has 0 saturated carbocycles. The van der Waals surface area contributed by atoms with E-state index in [9.17, 15) is 4.39 Å². The number of benzene rings is 1. The minimum absolute atomic E-state index is 0.167. The van der Waals surface area contributed by atoms with Crippen LogP contribution in [-0.4, -0.2) is 17.1 Å². The monoisotopic (exact) mass is 387 g/mol. The van der Waals surface area contributed by atoms with Crippen molar-refractivity contribution in [3.05, 3.63) is 33.3 Å². The topological polar surface area (TPSA) is 61.0 Å². The highest BCUT2D eigenvalue weighted by Gasteiger charge is 2.12. The van der Waals surface area contributed by atoms with Gasteiger partial charge >= 0.3 is 0 Å². The van der Waals surface area contributed by atoms with Gasteiger partial charge in [-0.2, -0.15) is 0 Å². The summed E-state index contributed by atoms with van der Waals surface area (Å²) in [6, 6.07) is 4.53. The molecular formula is C14H15FIN3O. The minimum atomic E-state index is -0.413. The lowest BCUT2D eigenvalue weighted by atomic mass is 10.1. The van der Waals surface area contributed by atoms with E-state index >= 15 is 0 Å². The summed E-state index contributed by atoms with van der Waals surface area (Å²) in [5.74, 6) is 0.691. The van der Waals surface area contributed by atoms with Crippen LogP contribution >= 0.6 is 22.6 Å². The second kappa shape index (κ2) is 6.34. The van der Waals surface area contributed by atoms with Crippen LogP contribution in [0.4, 0.5) is 10.2 Å². The quantitative estimate of drug-likeness (QED) is 0.817. The second-order valence-electron chi connectivity index (χ2n) is 4.29. The maximum absolute atomic E-state index is 13.4. The van der Waals surface area contributed by atoms with Crippen molar-refractivity contribution in [3.63, 3.8) is 0 Å². The average molecular weight is 387 g/mol. The number of aromatic nitrogens is 2. The molecule has 0 aliphatic carbocycles. The fourth-order valence-corrected chi connectivity index (χ4v) is 2.35. The van der Waals surface area contributed by atoms with Crippen molar-refractivity contribution in [2.24, 2.45) is 0 Å². The standard InChI is InChI=1S/C14H15FIN3O/c1-3-4-10-12(16)13(17)19-14(18-10)8-5-6-9(15)11(7-8)20-2/h5-7H,3-4H2,1-2H3,(H2,17,18,19). The van der Waals surface area contributed by atoms with E-state index in [2.05, 4.69) is 39.5 Å². The van der Waals surface area contributed by atoms with Gasteiger partial charge in [0.25, 0.3) is 0 Å². The van der Waals surface area contributed by atoms with Gasteiger partial charge in [0.2, 0.25) is 0 Å². The molecule has 0 saturated heterocycles. The van der Waals surface area contributed by atoms with Crippen LogP contribution in [0.1, 0.15) is 19.0 Å². The molecule has 106 valence electrons. The molecule has 4 nitrogen and oxygen atoms in total. The summed E-state index contributed by atoms with van der Waals surface area (Å²) in [5.41, 5.74) is 7.53. The van der Waals surface area contributed by atoms with E-state index < -0.39 is 5.82 Å². The van der Waals surface area contributed by atoms with Crippen LogP contribution in [0.15, 0.2) is 18.2 Å². The number of hydrogen-bond donors (Lipinski definition) is 1. The summed E-state index contributed by atoms with van der Waals surface area (Å²) < 4.78 is 19.3. The molecule has 0 unspecified atom stereocenters. The molecule has 20 heavy (non-hydrogen) atoms. The Labute approximate surface area is 130 Å². The predicted octanol–water partition coefficient (Wildman–Crippen LogP) is 3.43. The van der Waals surface area contributed by atoms with Crippen molar-refractivity contribution in [1.29, 1.82) is 0 Å². The van der Waals surface area contributed by atoms with Crippen LogP contribution in [0, 0.1) is 9.39 Å². The number of nitrogens with zero attached hydrogens (tertiary/aromatic N) is 2. The Bertz CT molecular complexity index is 634. The van der Waals surface area contributed by atoms with E-state index in [4.69, 9.17) is 10.5 Å². The largest absolute Gasteiger partial charge is 0.494 e. The first-order valence-electron chi connectivity index (χ1n) is 6.22. The highest BCUT2D eigenvalue weighted by Crippen LogP contribution is 2.27. The smallest absolute Gasteiger partial charge is 0.165 e. The lowest BCUT2D eigenvalue weighted by molar-refractivity contribution is 0.386. The third kappa shape index (κ3) is 3.00. The van der Waals surface area contributed by atoms with Gasteiger partial charge in [-0.25, -0.2) is 14.4 Å². The zero-order valence-corrected chi connectivity index (χ0v) is 13.4. The summed E-state index contributed by atoms with van der Waals surface area (Å²) in [7, 11) is 1.42. The maximum Gasteiger partial charge on any atom is 0.165 e. The Morgan fingerprint density at radius 1 is 1.35 bits per heavy atom. The van der Waals surface area contributed by atoms with Gasteiger partial charge in [-0.1, -0.05) is 13.3 Å². The van der Waals surface area contributed by atoms with Gasteiger partial charge in [0.15, 0.2) is 17.4 Å². The summed E-state index contributed by atoms with van der Waals surface area (Å²) in [6.07, 6.45) is 1.80. The van der Waals surface area contributed by atoms with Crippen LogP contribution in [0.5, 0.6) is 5.75 Å². The molecule has 0 atom stereocenters. The molecule has 0 fully saturated rings. The van der Waals surface area contributed by atoms with Crippen molar-refractivity contribution in [2.75, 3.05) is 12.8 Å². The molecule has 0 bridgehead atoms. The molecule has 0 radical (unpaired) electrons. The van der Waals surface area contributed by atoms with Crippen molar-refractivity contribution in [3.8, 4) is 17.1 Å². The number of anilines is 1. The van der Waals surface area contributed by atoms with Gasteiger partial charge in [-0.3, -0.25) is 0 Å². The first-order chi connectivity index (χ1) is 9.56. The van der Waals surface area contributed by atoms with E-state index in [1.807, 2.05) is 0 Å². The number of ether oxygens (including phenoxy) is 1. The van der Waals surface area contributed by atoms with Gasteiger partial charge in [-0.15, -0.1) is 0 Å². The highest BCUT2D eigenvalue weighted by molar-refractivity contribution is 14.1. The molecule has 2 aromatic rings. The molecular weight excluding hydrogens is 372 g/mol. The van der Waals surface area contributed by atoms with Crippen LogP contribution in [0.25, 0.3) is 11.4 Å². The summed E-state index contributed by atoms with van der Waals surface area (Å²) in [6.45, 7) is 2.08. The van der Waals surface area contributed by atoms with E-state index in [-0.39, 0.29) is 5.75 Å². The first-order valence-corrected chi connectivity index (χ1v) is 7.30. The van der Waals surface area contributed by atoms with Crippen molar-refractivity contribution in [2.45, 2.75) is 19.8 Å². The molecule has 2 rings (SSSR count). The molecule has 0 aliphatic rings. The minimum Gasteiger partial charge on any atom is -0.494 e.